The van der Waals surface area contributed by atoms with Crippen LogP contribution in [0.25, 0.3) is 0 Å². The molecule has 3 aromatic rings. The number of ether oxygens (including phenoxy) is 2. The van der Waals surface area contributed by atoms with Crippen molar-refractivity contribution in [3.63, 3.8) is 0 Å². The summed E-state index contributed by atoms with van der Waals surface area (Å²) < 4.78 is 66.3. The summed E-state index contributed by atoms with van der Waals surface area (Å²) in [7, 11) is 0. The molecular formula is C25H26F4N8O2. The zero-order valence-corrected chi connectivity index (χ0v) is 20.7. The van der Waals surface area contributed by atoms with Crippen molar-refractivity contribution in [1.29, 1.82) is 0 Å². The molecule has 0 bridgehead atoms. The molecule has 14 heteroatoms. The van der Waals surface area contributed by atoms with Gasteiger partial charge >= 0.3 is 6.18 Å². The second-order valence-electron chi connectivity index (χ2n) is 8.79. The maximum atomic E-state index is 14.2. The van der Waals surface area contributed by atoms with Crippen LogP contribution in [0.1, 0.15) is 22.9 Å². The molecule has 39 heavy (non-hydrogen) atoms. The van der Waals surface area contributed by atoms with Gasteiger partial charge in [-0.3, -0.25) is 4.98 Å². The fourth-order valence-electron chi connectivity index (χ4n) is 4.21. The number of hydrogen-bond donors (Lipinski definition) is 3. The van der Waals surface area contributed by atoms with E-state index in [1.165, 1.54) is 18.5 Å². The highest BCUT2D eigenvalue weighted by atomic mass is 19.4. The van der Waals surface area contributed by atoms with Crippen molar-refractivity contribution in [3.05, 3.63) is 65.4 Å². The smallest absolute Gasteiger partial charge is 0.378 e. The number of hydrazone groups is 1. The first-order valence-corrected chi connectivity index (χ1v) is 12.3. The molecule has 3 N–H and O–H groups in total. The number of alkyl halides is 3. The molecule has 0 aliphatic carbocycles. The lowest BCUT2D eigenvalue weighted by Crippen LogP contribution is -2.37. The zero-order chi connectivity index (χ0) is 27.2. The first-order valence-electron chi connectivity index (χ1n) is 12.3. The molecule has 4 heterocycles. The van der Waals surface area contributed by atoms with E-state index in [2.05, 4.69) is 36.1 Å². The standard InChI is InChI=1S/C25H26F4N8O2/c26-21-14-32-24(35-23(21)37-6-9-38-10-7-37)36-33-13-17-1-2-18(12-31-17)34-16-3-4-19(20(11-16)25(27,28)29)22-15-30-5-8-39-22/h1-4,11-14,22,30,34H,5-10,15H2,(H,32,35,36). The third-order valence-electron chi connectivity index (χ3n) is 6.11. The van der Waals surface area contributed by atoms with Crippen molar-refractivity contribution >= 4 is 29.4 Å². The second-order valence-corrected chi connectivity index (χ2v) is 8.79. The Morgan fingerprint density at radius 3 is 2.59 bits per heavy atom. The van der Waals surface area contributed by atoms with E-state index in [0.29, 0.717) is 57.4 Å². The highest BCUT2D eigenvalue weighted by molar-refractivity contribution is 5.78. The fraction of sp³-hybridized carbons (Fsp3) is 0.360. The van der Waals surface area contributed by atoms with Gasteiger partial charge in [-0.1, -0.05) is 6.07 Å². The van der Waals surface area contributed by atoms with E-state index in [-0.39, 0.29) is 23.0 Å². The third-order valence-corrected chi connectivity index (χ3v) is 6.11. The Labute approximate surface area is 221 Å². The molecule has 0 amide bonds. The Balaban J connectivity index is 1.22. The van der Waals surface area contributed by atoms with Crippen molar-refractivity contribution in [2.24, 2.45) is 5.10 Å². The van der Waals surface area contributed by atoms with E-state index in [1.54, 1.807) is 23.1 Å². The van der Waals surface area contributed by atoms with Gasteiger partial charge in [0.2, 0.25) is 5.95 Å². The number of pyridine rings is 1. The minimum absolute atomic E-state index is 0.0969. The van der Waals surface area contributed by atoms with Crippen molar-refractivity contribution in [1.82, 2.24) is 20.3 Å². The van der Waals surface area contributed by atoms with Crippen LogP contribution in [0.5, 0.6) is 0 Å². The van der Waals surface area contributed by atoms with Gasteiger partial charge in [0.1, 0.15) is 0 Å². The number of aromatic nitrogens is 3. The lowest BCUT2D eigenvalue weighted by Gasteiger charge is -2.27. The van der Waals surface area contributed by atoms with E-state index in [4.69, 9.17) is 9.47 Å². The van der Waals surface area contributed by atoms with Gasteiger partial charge in [-0.15, -0.1) is 0 Å². The van der Waals surface area contributed by atoms with Crippen LogP contribution < -0.4 is 21.0 Å². The topological polar surface area (TPSA) is 109 Å². The molecule has 2 saturated heterocycles. The van der Waals surface area contributed by atoms with Gasteiger partial charge in [0.25, 0.3) is 0 Å². The third kappa shape index (κ3) is 6.77. The Hall–Kier alpha value is -3.88. The lowest BCUT2D eigenvalue weighted by atomic mass is 10.00. The lowest BCUT2D eigenvalue weighted by molar-refractivity contribution is -0.139. The number of benzene rings is 1. The molecule has 5 rings (SSSR count). The van der Waals surface area contributed by atoms with Crippen LogP contribution in [0.2, 0.25) is 0 Å². The number of nitrogens with zero attached hydrogens (tertiary/aromatic N) is 5. The normalized spacial score (nSPS) is 18.4. The summed E-state index contributed by atoms with van der Waals surface area (Å²) in [6.07, 6.45) is -1.23. The van der Waals surface area contributed by atoms with E-state index in [0.717, 1.165) is 12.3 Å². The van der Waals surface area contributed by atoms with Gasteiger partial charge in [0.15, 0.2) is 11.6 Å². The van der Waals surface area contributed by atoms with E-state index >= 15 is 0 Å². The highest BCUT2D eigenvalue weighted by Crippen LogP contribution is 2.38. The van der Waals surface area contributed by atoms with Gasteiger partial charge in [0.05, 0.1) is 61.5 Å². The minimum atomic E-state index is -4.53. The summed E-state index contributed by atoms with van der Waals surface area (Å²) in [6.45, 7) is 3.30. The average molecular weight is 547 g/mol. The van der Waals surface area contributed by atoms with Crippen molar-refractivity contribution < 1.29 is 27.0 Å². The molecule has 2 aromatic heterocycles. The molecule has 206 valence electrons. The molecule has 2 aliphatic rings. The summed E-state index contributed by atoms with van der Waals surface area (Å²) in [6, 6.07) is 7.38. The Morgan fingerprint density at radius 2 is 1.87 bits per heavy atom. The SMILES string of the molecule is Fc1cnc(NN=Cc2ccc(Nc3ccc(C4CNCCO4)c(C(F)(F)F)c3)cn2)nc1N1CCOCC1. The van der Waals surface area contributed by atoms with E-state index in [1.807, 2.05) is 0 Å². The molecule has 0 saturated carbocycles. The second kappa shape index (κ2) is 11.9. The number of halogens is 4. The summed E-state index contributed by atoms with van der Waals surface area (Å²) in [5.74, 6) is -0.248. The van der Waals surface area contributed by atoms with Crippen molar-refractivity contribution in [3.8, 4) is 0 Å². The number of rotatable bonds is 7. The summed E-state index contributed by atoms with van der Waals surface area (Å²) in [5.41, 5.74) is 3.23. The van der Waals surface area contributed by atoms with Gasteiger partial charge in [-0.05, 0) is 29.8 Å². The number of morpholine rings is 2. The molecular weight excluding hydrogens is 520 g/mol. The van der Waals surface area contributed by atoms with Crippen LogP contribution in [0.4, 0.5) is 40.7 Å². The minimum Gasteiger partial charge on any atom is -0.378 e. The van der Waals surface area contributed by atoms with Gasteiger partial charge in [-0.2, -0.15) is 23.3 Å². The molecule has 0 radical (unpaired) electrons. The summed E-state index contributed by atoms with van der Waals surface area (Å²) >= 11 is 0. The molecule has 1 aromatic carbocycles. The molecule has 1 unspecified atom stereocenters. The Morgan fingerprint density at radius 1 is 1.05 bits per heavy atom. The molecule has 10 nitrogen and oxygen atoms in total. The maximum absolute atomic E-state index is 14.2. The van der Waals surface area contributed by atoms with Crippen LogP contribution in [0, 0.1) is 5.82 Å². The largest absolute Gasteiger partial charge is 0.416 e. The summed E-state index contributed by atoms with van der Waals surface area (Å²) in [5, 5.41) is 10.0. The van der Waals surface area contributed by atoms with Crippen LogP contribution >= 0.6 is 0 Å². The van der Waals surface area contributed by atoms with Crippen LogP contribution in [-0.2, 0) is 15.7 Å². The van der Waals surface area contributed by atoms with Crippen molar-refractivity contribution in [2.45, 2.75) is 12.3 Å². The summed E-state index contributed by atoms with van der Waals surface area (Å²) in [4.78, 5) is 14.1. The van der Waals surface area contributed by atoms with Crippen LogP contribution in [0.15, 0.2) is 47.8 Å². The fourth-order valence-corrected chi connectivity index (χ4v) is 4.21. The average Bonchev–Trinajstić information content (AvgIpc) is 2.95. The van der Waals surface area contributed by atoms with E-state index in [9.17, 15) is 17.6 Å². The molecule has 2 aliphatic heterocycles. The number of hydrogen-bond acceptors (Lipinski definition) is 10. The Kier molecular flexibility index (Phi) is 8.14. The highest BCUT2D eigenvalue weighted by Gasteiger charge is 2.36. The van der Waals surface area contributed by atoms with Gasteiger partial charge in [0, 0.05) is 31.9 Å². The van der Waals surface area contributed by atoms with Crippen LogP contribution in [-0.4, -0.2) is 67.2 Å². The quantitative estimate of drug-likeness (QED) is 0.232. The van der Waals surface area contributed by atoms with Gasteiger partial charge < -0.3 is 25.0 Å². The number of anilines is 4. The van der Waals surface area contributed by atoms with Gasteiger partial charge in [-0.25, -0.2) is 14.8 Å². The number of nitrogens with one attached hydrogen (secondary N) is 3. The first kappa shape index (κ1) is 26.7. The zero-order valence-electron chi connectivity index (χ0n) is 20.7. The van der Waals surface area contributed by atoms with Crippen LogP contribution in [0.3, 0.4) is 0 Å². The Bertz CT molecular complexity index is 1290. The maximum Gasteiger partial charge on any atom is 0.416 e. The predicted octanol–water partition coefficient (Wildman–Crippen LogP) is 3.72. The monoisotopic (exact) mass is 546 g/mol. The molecule has 2 fully saturated rings. The van der Waals surface area contributed by atoms with Crippen molar-refractivity contribution in [2.75, 3.05) is 61.6 Å². The predicted molar refractivity (Wildman–Crippen MR) is 137 cm³/mol. The molecule has 0 spiro atoms. The molecule has 1 atom stereocenters. The van der Waals surface area contributed by atoms with E-state index < -0.39 is 23.7 Å². The first-order chi connectivity index (χ1) is 18.9.